The van der Waals surface area contributed by atoms with Gasteiger partial charge in [-0.3, -0.25) is 0 Å². The second kappa shape index (κ2) is 9.00. The Hall–Kier alpha value is -3.38. The lowest BCUT2D eigenvalue weighted by Gasteiger charge is -2.31. The normalized spacial score (nSPS) is 16.7. The zero-order chi connectivity index (χ0) is 23.9. The Bertz CT molecular complexity index is 1390. The summed E-state index contributed by atoms with van der Waals surface area (Å²) in [4.78, 5) is 17.3. The third kappa shape index (κ3) is 4.06. The van der Waals surface area contributed by atoms with Crippen molar-refractivity contribution in [2.75, 3.05) is 0 Å². The van der Waals surface area contributed by atoms with Crippen LogP contribution in [-0.4, -0.2) is 15.5 Å². The van der Waals surface area contributed by atoms with Gasteiger partial charge in [0, 0.05) is 23.2 Å². The van der Waals surface area contributed by atoms with Gasteiger partial charge in [-0.2, -0.15) is 0 Å². The maximum Gasteiger partial charge on any atom is 0.318 e. The van der Waals surface area contributed by atoms with Gasteiger partial charge in [0.15, 0.2) is 0 Å². The van der Waals surface area contributed by atoms with Gasteiger partial charge in [0.1, 0.15) is 10.8 Å². The molecule has 35 heavy (non-hydrogen) atoms. The number of nitrogens with zero attached hydrogens (tertiary/aromatic N) is 2. The molecule has 0 bridgehead atoms. The summed E-state index contributed by atoms with van der Waals surface area (Å²) in [6, 6.07) is 18.6. The summed E-state index contributed by atoms with van der Waals surface area (Å²) >= 11 is 1.89. The zero-order valence-electron chi connectivity index (χ0n) is 19.8. The van der Waals surface area contributed by atoms with Crippen molar-refractivity contribution < 1.29 is 9.18 Å². The van der Waals surface area contributed by atoms with E-state index in [9.17, 15) is 9.18 Å². The molecule has 178 valence electrons. The van der Waals surface area contributed by atoms with Crippen molar-refractivity contribution in [1.29, 1.82) is 0 Å². The van der Waals surface area contributed by atoms with Crippen molar-refractivity contribution in [3.8, 4) is 5.00 Å². The van der Waals surface area contributed by atoms with Gasteiger partial charge >= 0.3 is 6.03 Å². The van der Waals surface area contributed by atoms with E-state index in [4.69, 9.17) is 0 Å². The summed E-state index contributed by atoms with van der Waals surface area (Å²) < 4.78 is 15.7. The Morgan fingerprint density at radius 1 is 1.06 bits per heavy atom. The van der Waals surface area contributed by atoms with Crippen LogP contribution in [-0.2, 0) is 25.9 Å². The Kier molecular flexibility index (Phi) is 5.69. The first-order chi connectivity index (χ1) is 17.1. The monoisotopic (exact) mass is 485 g/mol. The van der Waals surface area contributed by atoms with E-state index < -0.39 is 0 Å². The fourth-order valence-corrected chi connectivity index (χ4v) is 6.86. The molecule has 3 heterocycles. The highest BCUT2D eigenvalue weighted by Crippen LogP contribution is 2.44. The molecule has 4 nitrogen and oxygen atoms in total. The second-order valence-electron chi connectivity index (χ2n) is 9.53. The molecule has 2 aromatic carbocycles. The first kappa shape index (κ1) is 22.1. The molecule has 1 aliphatic carbocycles. The minimum Gasteiger partial charge on any atom is -0.334 e. The molecule has 1 N–H and O–H groups in total. The summed E-state index contributed by atoms with van der Waals surface area (Å²) in [5, 5.41) is 4.37. The number of hydrogen-bond acceptors (Lipinski definition) is 2. The number of halogens is 1. The van der Waals surface area contributed by atoms with Gasteiger partial charge in [-0.1, -0.05) is 42.0 Å². The largest absolute Gasteiger partial charge is 0.334 e. The Morgan fingerprint density at radius 3 is 2.71 bits per heavy atom. The van der Waals surface area contributed by atoms with Crippen LogP contribution < -0.4 is 5.32 Å². The lowest BCUT2D eigenvalue weighted by Crippen LogP contribution is -2.41. The van der Waals surface area contributed by atoms with Crippen LogP contribution >= 0.6 is 11.3 Å². The van der Waals surface area contributed by atoms with Crippen molar-refractivity contribution in [3.05, 3.63) is 111 Å². The fourth-order valence-electron chi connectivity index (χ4n) is 5.46. The number of thiophene rings is 1. The van der Waals surface area contributed by atoms with E-state index in [1.165, 1.54) is 51.5 Å². The van der Waals surface area contributed by atoms with Gasteiger partial charge in [-0.25, -0.2) is 9.18 Å². The molecule has 4 aromatic rings. The second-order valence-corrected chi connectivity index (χ2v) is 10.6. The minimum atomic E-state index is -0.275. The molecule has 0 saturated heterocycles. The molecular formula is C29H28FN3OS. The maximum atomic E-state index is 13.8. The van der Waals surface area contributed by atoms with Gasteiger partial charge in [-0.05, 0) is 73.6 Å². The van der Waals surface area contributed by atoms with E-state index in [0.29, 0.717) is 13.1 Å². The summed E-state index contributed by atoms with van der Waals surface area (Å²) in [5.41, 5.74) is 6.98. The highest BCUT2D eigenvalue weighted by Gasteiger charge is 2.36. The Labute approximate surface area is 209 Å². The molecule has 2 amide bonds. The van der Waals surface area contributed by atoms with Crippen LogP contribution in [0.1, 0.15) is 57.3 Å². The molecule has 1 aliphatic heterocycles. The lowest BCUT2D eigenvalue weighted by molar-refractivity contribution is 0.180. The highest BCUT2D eigenvalue weighted by atomic mass is 32.1. The van der Waals surface area contributed by atoms with E-state index in [1.807, 2.05) is 16.2 Å². The van der Waals surface area contributed by atoms with E-state index in [1.54, 1.807) is 12.1 Å². The molecule has 0 fully saturated rings. The third-order valence-corrected chi connectivity index (χ3v) is 8.49. The average molecular weight is 486 g/mol. The van der Waals surface area contributed by atoms with Gasteiger partial charge in [0.25, 0.3) is 0 Å². The number of nitrogens with one attached hydrogen (secondary N) is 1. The van der Waals surface area contributed by atoms with E-state index in [0.717, 1.165) is 29.7 Å². The number of hydrogen-bond donors (Lipinski definition) is 1. The van der Waals surface area contributed by atoms with Crippen molar-refractivity contribution in [2.45, 2.75) is 51.7 Å². The molecular weight excluding hydrogens is 457 g/mol. The molecule has 1 atom stereocenters. The van der Waals surface area contributed by atoms with Gasteiger partial charge < -0.3 is 14.8 Å². The molecule has 0 saturated carbocycles. The predicted octanol–water partition coefficient (Wildman–Crippen LogP) is 6.68. The summed E-state index contributed by atoms with van der Waals surface area (Å²) in [6.45, 7) is 3.01. The predicted molar refractivity (Wildman–Crippen MR) is 137 cm³/mol. The number of carbonyl (C=O) groups is 1. The standard InChI is InChI=1S/C29H28FN3OS/c1-19-6-4-7-21(16-19)27-25-9-5-15-32(25)28-24(23-8-2-3-10-26(23)35-28)18-33(27)29(34)31-17-20-11-13-22(30)14-12-20/h4-7,9,11-16,27H,2-3,8,10,17-18H2,1H3,(H,31,34)/t27-/m0/s1. The van der Waals surface area contributed by atoms with Crippen LogP contribution in [0.25, 0.3) is 5.00 Å². The first-order valence-corrected chi connectivity index (χ1v) is 13.1. The summed E-state index contributed by atoms with van der Waals surface area (Å²) in [7, 11) is 0. The number of rotatable bonds is 3. The van der Waals surface area contributed by atoms with Crippen molar-refractivity contribution in [1.82, 2.24) is 14.8 Å². The van der Waals surface area contributed by atoms with Crippen molar-refractivity contribution >= 4 is 17.4 Å². The molecule has 2 aliphatic rings. The summed E-state index contributed by atoms with van der Waals surface area (Å²) in [6.07, 6.45) is 6.78. The van der Waals surface area contributed by atoms with Crippen LogP contribution in [0.4, 0.5) is 9.18 Å². The highest BCUT2D eigenvalue weighted by molar-refractivity contribution is 7.15. The van der Waals surface area contributed by atoms with E-state index >= 15 is 0 Å². The Balaban J connectivity index is 1.43. The van der Waals surface area contributed by atoms with E-state index in [-0.39, 0.29) is 17.9 Å². The molecule has 6 heteroatoms. The molecule has 0 radical (unpaired) electrons. The molecule has 6 rings (SSSR count). The van der Waals surface area contributed by atoms with Gasteiger partial charge in [0.2, 0.25) is 0 Å². The number of amides is 2. The number of carbonyl (C=O) groups excluding carboxylic acids is 1. The smallest absolute Gasteiger partial charge is 0.318 e. The van der Waals surface area contributed by atoms with Crippen LogP contribution in [0, 0.1) is 12.7 Å². The summed E-state index contributed by atoms with van der Waals surface area (Å²) in [5.74, 6) is -0.275. The maximum absolute atomic E-state index is 13.8. The minimum absolute atomic E-state index is 0.114. The third-order valence-electron chi connectivity index (χ3n) is 7.15. The zero-order valence-corrected chi connectivity index (χ0v) is 20.6. The molecule has 2 aromatic heterocycles. The molecule has 0 unspecified atom stereocenters. The van der Waals surface area contributed by atoms with Crippen LogP contribution in [0.15, 0.2) is 66.9 Å². The average Bonchev–Trinajstić information content (AvgIpc) is 3.45. The number of aryl methyl sites for hydroxylation is 2. The van der Waals surface area contributed by atoms with Crippen LogP contribution in [0.2, 0.25) is 0 Å². The van der Waals surface area contributed by atoms with E-state index in [2.05, 4.69) is 59.4 Å². The SMILES string of the molecule is Cc1cccc([C@H]2c3cccn3-c3sc4c(c3CN2C(=O)NCc2ccc(F)cc2)CCCC4)c1. The topological polar surface area (TPSA) is 37.3 Å². The molecule has 0 spiro atoms. The van der Waals surface area contributed by atoms with Crippen LogP contribution in [0.3, 0.4) is 0 Å². The number of benzene rings is 2. The van der Waals surface area contributed by atoms with Gasteiger partial charge in [0.05, 0.1) is 18.3 Å². The first-order valence-electron chi connectivity index (χ1n) is 12.2. The Morgan fingerprint density at radius 2 is 1.89 bits per heavy atom. The lowest BCUT2D eigenvalue weighted by atomic mass is 9.95. The quantitative estimate of drug-likeness (QED) is 0.345. The van der Waals surface area contributed by atoms with Crippen LogP contribution in [0.5, 0.6) is 0 Å². The van der Waals surface area contributed by atoms with Crippen molar-refractivity contribution in [2.24, 2.45) is 0 Å². The number of urea groups is 1. The fraction of sp³-hybridized carbons (Fsp3) is 0.276. The van der Waals surface area contributed by atoms with Crippen molar-refractivity contribution in [3.63, 3.8) is 0 Å². The number of aromatic nitrogens is 1. The number of fused-ring (bicyclic) bond motifs is 5. The van der Waals surface area contributed by atoms with Gasteiger partial charge in [-0.15, -0.1) is 11.3 Å².